The Hall–Kier alpha value is -2.25. The highest BCUT2D eigenvalue weighted by Crippen LogP contribution is 2.44. The summed E-state index contributed by atoms with van der Waals surface area (Å²) in [5, 5.41) is 4.31. The smallest absolute Gasteiger partial charge is 0.175 e. The van der Waals surface area contributed by atoms with Crippen molar-refractivity contribution in [2.45, 2.75) is 49.3 Å². The second-order valence-corrected chi connectivity index (χ2v) is 10.5. The summed E-state index contributed by atoms with van der Waals surface area (Å²) >= 11 is 0. The number of aromatic nitrogens is 2. The van der Waals surface area contributed by atoms with Gasteiger partial charge in [-0.2, -0.15) is 5.10 Å². The molecule has 0 amide bonds. The number of carbonyl (C=O) groups is 2. The van der Waals surface area contributed by atoms with E-state index in [1.807, 2.05) is 18.2 Å². The van der Waals surface area contributed by atoms with Gasteiger partial charge in [-0.15, -0.1) is 12.4 Å². The largest absolute Gasteiger partial charge is 0.300 e. The quantitative estimate of drug-likeness (QED) is 0.586. The van der Waals surface area contributed by atoms with Gasteiger partial charge < -0.3 is 0 Å². The number of allylic oxidation sites excluding steroid dienone is 2. The number of hydrogen-bond acceptors (Lipinski definition) is 5. The van der Waals surface area contributed by atoms with Crippen LogP contribution in [0.4, 0.5) is 0 Å². The van der Waals surface area contributed by atoms with Crippen molar-refractivity contribution < 1.29 is 18.0 Å². The van der Waals surface area contributed by atoms with Crippen LogP contribution in [0.1, 0.15) is 54.8 Å². The zero-order valence-corrected chi connectivity index (χ0v) is 19.3. The Bertz CT molecular complexity index is 1150. The molecule has 2 saturated carbocycles. The molecule has 0 radical (unpaired) electrons. The molecule has 31 heavy (non-hydrogen) atoms. The number of ketones is 2. The molecule has 2 fully saturated rings. The molecule has 2 aromatic rings. The molecule has 1 heterocycles. The third-order valence-corrected chi connectivity index (χ3v) is 7.01. The van der Waals surface area contributed by atoms with Gasteiger partial charge in [0.15, 0.2) is 15.6 Å². The van der Waals surface area contributed by atoms with Crippen molar-refractivity contribution in [2.75, 3.05) is 6.26 Å². The molecule has 0 spiro atoms. The molecule has 1 atom stereocenters. The fourth-order valence-corrected chi connectivity index (χ4v) is 5.12. The molecular weight excluding hydrogens is 436 g/mol. The second-order valence-electron chi connectivity index (χ2n) is 8.50. The van der Waals surface area contributed by atoms with E-state index in [1.165, 1.54) is 6.26 Å². The fourth-order valence-electron chi connectivity index (χ4n) is 4.16. The van der Waals surface area contributed by atoms with E-state index in [-0.39, 0.29) is 42.2 Å². The van der Waals surface area contributed by atoms with Crippen molar-refractivity contribution in [3.63, 3.8) is 0 Å². The monoisotopic (exact) mass is 462 g/mol. The van der Waals surface area contributed by atoms with E-state index >= 15 is 0 Å². The zero-order valence-electron chi connectivity index (χ0n) is 17.7. The number of aryl methyl sites for hydroxylation is 1. The number of nitrogens with zero attached hydrogens (tertiary/aromatic N) is 2. The number of carbonyl (C=O) groups excluding carboxylic acids is 2. The maximum Gasteiger partial charge on any atom is 0.175 e. The predicted octanol–water partition coefficient (Wildman–Crippen LogP) is 3.69. The van der Waals surface area contributed by atoms with Crippen LogP contribution in [0.5, 0.6) is 0 Å². The fraction of sp³-hybridized carbons (Fsp3) is 0.435. The molecular formula is C23H27ClN2O4S. The van der Waals surface area contributed by atoms with Crippen LogP contribution >= 0.6 is 12.4 Å². The number of rotatable bonds is 7. The Balaban J connectivity index is 0.00000272. The molecule has 8 heteroatoms. The third kappa shape index (κ3) is 5.52. The van der Waals surface area contributed by atoms with Crippen molar-refractivity contribution in [2.24, 2.45) is 13.0 Å². The van der Waals surface area contributed by atoms with Crippen LogP contribution in [0, 0.1) is 5.92 Å². The molecule has 1 aromatic carbocycles. The van der Waals surface area contributed by atoms with Gasteiger partial charge in [0.05, 0.1) is 17.0 Å². The Morgan fingerprint density at radius 2 is 1.97 bits per heavy atom. The van der Waals surface area contributed by atoms with Crippen molar-refractivity contribution in [3.8, 4) is 0 Å². The van der Waals surface area contributed by atoms with Crippen molar-refractivity contribution in [1.82, 2.24) is 9.78 Å². The molecule has 4 rings (SSSR count). The normalized spacial score (nSPS) is 19.4. The molecule has 1 aromatic heterocycles. The number of benzene rings is 1. The van der Waals surface area contributed by atoms with Crippen LogP contribution in [0.25, 0.3) is 5.57 Å². The molecule has 166 valence electrons. The van der Waals surface area contributed by atoms with E-state index in [9.17, 15) is 18.0 Å². The lowest BCUT2D eigenvalue weighted by atomic mass is 9.92. The molecule has 0 bridgehead atoms. The summed E-state index contributed by atoms with van der Waals surface area (Å²) < 4.78 is 26.1. The van der Waals surface area contributed by atoms with Crippen molar-refractivity contribution in [1.29, 1.82) is 0 Å². The van der Waals surface area contributed by atoms with Crippen LogP contribution in [0.15, 0.2) is 41.4 Å². The van der Waals surface area contributed by atoms with Crippen molar-refractivity contribution >= 4 is 39.4 Å². The average Bonchev–Trinajstić information content (AvgIpc) is 3.33. The number of halogens is 1. The van der Waals surface area contributed by atoms with Crippen LogP contribution in [0.3, 0.4) is 0 Å². The molecule has 0 N–H and O–H groups in total. The third-order valence-electron chi connectivity index (χ3n) is 5.83. The SMILES string of the molecule is Cl.Cn1ccc(CC(=O)/C(=C/[C@H]2CCC(=O)C2)c2ccc(S(C)(=O)=O)c(C3CC3)c2)n1. The van der Waals surface area contributed by atoms with Gasteiger partial charge >= 0.3 is 0 Å². The highest BCUT2D eigenvalue weighted by Gasteiger charge is 2.30. The number of sulfone groups is 1. The van der Waals surface area contributed by atoms with E-state index in [1.54, 1.807) is 30.1 Å². The summed E-state index contributed by atoms with van der Waals surface area (Å²) in [4.78, 5) is 25.3. The van der Waals surface area contributed by atoms with Crippen LogP contribution in [-0.4, -0.2) is 36.0 Å². The summed E-state index contributed by atoms with van der Waals surface area (Å²) in [6, 6.07) is 7.03. The first-order valence-electron chi connectivity index (χ1n) is 10.3. The molecule has 0 unspecified atom stereocenters. The van der Waals surface area contributed by atoms with Gasteiger partial charge in [-0.1, -0.05) is 12.1 Å². The van der Waals surface area contributed by atoms with Gasteiger partial charge in [0.25, 0.3) is 0 Å². The minimum atomic E-state index is -3.34. The highest BCUT2D eigenvalue weighted by atomic mass is 35.5. The van der Waals surface area contributed by atoms with Crippen LogP contribution in [-0.2, 0) is 32.9 Å². The first-order valence-corrected chi connectivity index (χ1v) is 12.2. The van der Waals surface area contributed by atoms with E-state index in [0.29, 0.717) is 29.0 Å². The van der Waals surface area contributed by atoms with Gasteiger partial charge in [0.2, 0.25) is 0 Å². The van der Waals surface area contributed by atoms with Gasteiger partial charge in [-0.25, -0.2) is 8.42 Å². The summed E-state index contributed by atoms with van der Waals surface area (Å²) in [6.07, 6.45) is 8.78. The summed E-state index contributed by atoms with van der Waals surface area (Å²) in [5.41, 5.74) is 2.77. The first-order chi connectivity index (χ1) is 14.2. The summed E-state index contributed by atoms with van der Waals surface area (Å²) in [7, 11) is -1.53. The Labute approximate surface area is 189 Å². The van der Waals surface area contributed by atoms with Crippen LogP contribution < -0.4 is 0 Å². The molecule has 2 aliphatic rings. The Morgan fingerprint density at radius 1 is 1.23 bits per heavy atom. The Morgan fingerprint density at radius 3 is 2.52 bits per heavy atom. The second kappa shape index (κ2) is 9.09. The van der Waals surface area contributed by atoms with E-state index < -0.39 is 9.84 Å². The first kappa shape index (κ1) is 23.4. The Kier molecular flexibility index (Phi) is 6.86. The molecule has 6 nitrogen and oxygen atoms in total. The lowest BCUT2D eigenvalue weighted by Gasteiger charge is -2.14. The predicted molar refractivity (Wildman–Crippen MR) is 121 cm³/mol. The van der Waals surface area contributed by atoms with Gasteiger partial charge in [0.1, 0.15) is 5.78 Å². The maximum atomic E-state index is 13.2. The van der Waals surface area contributed by atoms with Gasteiger partial charge in [-0.05, 0) is 60.4 Å². The molecule has 0 aliphatic heterocycles. The van der Waals surface area contributed by atoms with Gasteiger partial charge in [-0.3, -0.25) is 14.3 Å². The van der Waals surface area contributed by atoms with Crippen molar-refractivity contribution in [3.05, 3.63) is 53.4 Å². The average molecular weight is 463 g/mol. The van der Waals surface area contributed by atoms with E-state index in [4.69, 9.17) is 0 Å². The lowest BCUT2D eigenvalue weighted by molar-refractivity contribution is -0.117. The van der Waals surface area contributed by atoms with Gasteiger partial charge in [0, 0.05) is 37.9 Å². The number of hydrogen-bond donors (Lipinski definition) is 0. The standard InChI is InChI=1S/C23H26N2O4S.ClH/c1-25-10-9-18(24-25)14-22(27)20(12-15-3-7-19(26)11-15)17-6-8-23(30(2,28)29)21(13-17)16-4-5-16;/h6,8-10,12-13,15-16H,3-5,7,11,14H2,1-2H3;1H/b20-12+;/t15-;/m0./s1. The number of Topliss-reactive ketones (excluding diaryl/α,β-unsaturated/α-hetero) is 2. The summed E-state index contributed by atoms with van der Waals surface area (Å²) in [6.45, 7) is 0. The topological polar surface area (TPSA) is 86.1 Å². The minimum absolute atomic E-state index is 0. The van der Waals surface area contributed by atoms with E-state index in [2.05, 4.69) is 5.10 Å². The maximum absolute atomic E-state index is 13.2. The highest BCUT2D eigenvalue weighted by molar-refractivity contribution is 7.90. The molecule has 0 saturated heterocycles. The summed E-state index contributed by atoms with van der Waals surface area (Å²) in [5.74, 6) is 0.426. The van der Waals surface area contributed by atoms with E-state index in [0.717, 1.165) is 30.4 Å². The van der Waals surface area contributed by atoms with Crippen LogP contribution in [0.2, 0.25) is 0 Å². The minimum Gasteiger partial charge on any atom is -0.300 e. The zero-order chi connectivity index (χ0) is 21.5. The molecule has 2 aliphatic carbocycles. The lowest BCUT2D eigenvalue weighted by Crippen LogP contribution is -2.10.